The largest absolute Gasteiger partial charge is 0.473 e. The first-order chi connectivity index (χ1) is 49.6. The lowest BCUT2D eigenvalue weighted by atomic mass is 9.75. The van der Waals surface area contributed by atoms with Gasteiger partial charge in [-0.3, -0.25) is 34.5 Å². The number of thioether (sulfide) groups is 3. The first-order valence-electron chi connectivity index (χ1n) is 33.7. The van der Waals surface area contributed by atoms with Crippen LogP contribution in [0.1, 0.15) is 166 Å². The summed E-state index contributed by atoms with van der Waals surface area (Å²) in [6.07, 6.45) is 21.7. The van der Waals surface area contributed by atoms with Crippen LogP contribution in [-0.4, -0.2) is 122 Å². The molecule has 2 aromatic carbocycles. The number of hydrogen-bond acceptors (Lipinski definition) is 26. The number of carbonyl (C=O) groups excluding carboxylic acids is 4. The van der Waals surface area contributed by atoms with Crippen LogP contribution in [0.4, 0.5) is 0 Å². The number of thiocarbonyl (C=S) groups is 2. The van der Waals surface area contributed by atoms with Crippen molar-refractivity contribution in [2.24, 2.45) is 11.3 Å². The number of nitrogens with one attached hydrogen (secondary N) is 7. The number of H-pyrrole nitrogens is 3. The zero-order chi connectivity index (χ0) is 75.0. The summed E-state index contributed by atoms with van der Waals surface area (Å²) in [4.78, 5) is 48.2. The summed E-state index contributed by atoms with van der Waals surface area (Å²) in [5.41, 5.74) is 3.05. The van der Waals surface area contributed by atoms with E-state index in [0.717, 1.165) is 100 Å². The molecule has 2 aliphatic heterocycles. The molecule has 1 saturated carbocycles. The molecule has 1 unspecified atom stereocenters. The molecular weight excluding hydrogens is 1530 g/mol. The molecule has 103 heavy (non-hydrogen) atoms. The summed E-state index contributed by atoms with van der Waals surface area (Å²) in [7, 11) is 0. The van der Waals surface area contributed by atoms with Crippen LogP contribution in [0.15, 0.2) is 117 Å². The Kier molecular flexibility index (Phi) is 46.7. The predicted octanol–water partition coefficient (Wildman–Crippen LogP) is 17.6. The minimum atomic E-state index is -1.22. The number of ether oxygens (including phenoxy) is 8. The highest BCUT2D eigenvalue weighted by Gasteiger charge is 2.55. The van der Waals surface area contributed by atoms with Gasteiger partial charge in [0.1, 0.15) is 5.92 Å². The van der Waals surface area contributed by atoms with Gasteiger partial charge in [0.2, 0.25) is 23.6 Å². The zero-order valence-corrected chi connectivity index (χ0v) is 68.1. The molecule has 33 heteroatoms. The number of carbonyl (C=O) groups is 4. The molecule has 8 rings (SSSR count). The van der Waals surface area contributed by atoms with Crippen molar-refractivity contribution in [2.75, 3.05) is 51.9 Å². The molecule has 1 atom stereocenters. The van der Waals surface area contributed by atoms with E-state index in [4.69, 9.17) is 99.0 Å². The lowest BCUT2D eigenvalue weighted by Gasteiger charge is -2.39. The van der Waals surface area contributed by atoms with Crippen molar-refractivity contribution in [3.8, 4) is 0 Å². The fourth-order valence-corrected chi connectivity index (χ4v) is 16.3. The Hall–Kier alpha value is -5.37. The molecule has 5 aromatic rings. The van der Waals surface area contributed by atoms with E-state index < -0.39 is 17.4 Å². The Labute approximate surface area is 656 Å². The number of allylic oxidation sites excluding steroid dienone is 4. The third-order valence-corrected chi connectivity index (χ3v) is 22.2. The lowest BCUT2D eigenvalue weighted by Crippen LogP contribution is -2.66. The van der Waals surface area contributed by atoms with E-state index in [1.165, 1.54) is 98.9 Å². The third kappa shape index (κ3) is 39.7. The van der Waals surface area contributed by atoms with Crippen LogP contribution in [0.3, 0.4) is 0 Å². The number of unbranched alkanes of at least 4 members (excludes halogenated alkanes) is 11. The van der Waals surface area contributed by atoms with E-state index in [-0.39, 0.29) is 47.4 Å². The summed E-state index contributed by atoms with van der Waals surface area (Å²) >= 11 is 34.5. The van der Waals surface area contributed by atoms with Gasteiger partial charge in [-0.05, 0) is 156 Å². The molecular formula is C70H98N10O12S11. The van der Waals surface area contributed by atoms with Gasteiger partial charge in [-0.2, -0.15) is 15.3 Å². The number of aromatic nitrogens is 6. The Bertz CT molecular complexity index is 3570. The van der Waals surface area contributed by atoms with E-state index in [9.17, 15) is 19.2 Å². The van der Waals surface area contributed by atoms with Crippen molar-refractivity contribution in [3.05, 3.63) is 139 Å². The second-order valence-corrected chi connectivity index (χ2v) is 33.3. The van der Waals surface area contributed by atoms with Crippen LogP contribution < -0.4 is 21.3 Å². The second-order valence-electron chi connectivity index (χ2n) is 23.5. The van der Waals surface area contributed by atoms with Gasteiger partial charge in [0.25, 0.3) is 0 Å². The van der Waals surface area contributed by atoms with Crippen LogP contribution >= 0.6 is 130 Å². The van der Waals surface area contributed by atoms with Crippen LogP contribution in [0.5, 0.6) is 0 Å². The van der Waals surface area contributed by atoms with Gasteiger partial charge in [-0.25, -0.2) is 0 Å². The van der Waals surface area contributed by atoms with Crippen molar-refractivity contribution in [1.82, 2.24) is 51.9 Å². The number of amides is 4. The van der Waals surface area contributed by atoms with Gasteiger partial charge in [0, 0.05) is 17.3 Å². The molecule has 7 N–H and O–H groups in total. The molecule has 5 heterocycles. The maximum atomic E-state index is 12.5. The van der Waals surface area contributed by atoms with Crippen molar-refractivity contribution >= 4 is 170 Å². The van der Waals surface area contributed by atoms with E-state index in [2.05, 4.69) is 109 Å². The fraction of sp³-hybridized carbons (Fsp3) is 0.514. The Morgan fingerprint density at radius 1 is 0.515 bits per heavy atom. The minimum Gasteiger partial charge on any atom is -0.473 e. The monoisotopic (exact) mass is 1620 g/mol. The number of benzene rings is 2. The van der Waals surface area contributed by atoms with E-state index in [1.54, 1.807) is 54.8 Å². The van der Waals surface area contributed by atoms with E-state index in [1.807, 2.05) is 49.9 Å². The van der Waals surface area contributed by atoms with Crippen molar-refractivity contribution < 1.29 is 57.1 Å². The number of aromatic amines is 3. The summed E-state index contributed by atoms with van der Waals surface area (Å²) in [6.45, 7) is 28.3. The van der Waals surface area contributed by atoms with Gasteiger partial charge >= 0.3 is 0 Å². The van der Waals surface area contributed by atoms with Crippen molar-refractivity contribution in [1.29, 1.82) is 0 Å². The summed E-state index contributed by atoms with van der Waals surface area (Å²) in [5.74, 6) is 3.51. The van der Waals surface area contributed by atoms with Crippen LogP contribution in [0.2, 0.25) is 0 Å². The highest BCUT2D eigenvalue weighted by atomic mass is 32.2. The minimum absolute atomic E-state index is 0.0211. The molecule has 3 fully saturated rings. The zero-order valence-electron chi connectivity index (χ0n) is 59.1. The highest BCUT2D eigenvalue weighted by Crippen LogP contribution is 2.39. The van der Waals surface area contributed by atoms with Gasteiger partial charge in [-0.1, -0.05) is 234 Å². The van der Waals surface area contributed by atoms with Gasteiger partial charge < -0.3 is 59.2 Å². The predicted molar refractivity (Wildman–Crippen MR) is 431 cm³/mol. The number of rotatable bonds is 42. The summed E-state index contributed by atoms with van der Waals surface area (Å²) in [5, 5.41) is 30.9. The Balaban J connectivity index is 0.000000274. The van der Waals surface area contributed by atoms with Crippen molar-refractivity contribution in [2.45, 2.75) is 181 Å². The highest BCUT2D eigenvalue weighted by molar-refractivity contribution is 8.01. The van der Waals surface area contributed by atoms with E-state index >= 15 is 0 Å². The molecule has 4 amide bonds. The molecule has 0 bridgehead atoms. The first kappa shape index (κ1) is 90.0. The average molecular weight is 1620 g/mol. The molecule has 3 aromatic heterocycles. The quantitative estimate of drug-likeness (QED) is 0.00477. The van der Waals surface area contributed by atoms with E-state index in [0.29, 0.717) is 66.4 Å². The number of nitrogens with zero attached hydrogens (tertiary/aromatic N) is 3. The van der Waals surface area contributed by atoms with Crippen molar-refractivity contribution in [3.63, 3.8) is 0 Å². The molecule has 566 valence electrons. The Morgan fingerprint density at radius 3 is 1.37 bits per heavy atom. The lowest BCUT2D eigenvalue weighted by molar-refractivity contribution is -0.164. The first-order valence-corrected chi connectivity index (χ1v) is 41.2. The molecule has 22 nitrogen and oxygen atoms in total. The summed E-state index contributed by atoms with van der Waals surface area (Å²) < 4.78 is 47.6. The normalized spacial score (nSPS) is 14.5. The topological polar surface area (TPSA) is 276 Å². The van der Waals surface area contributed by atoms with Gasteiger partial charge in [-0.15, -0.1) is 0 Å². The van der Waals surface area contributed by atoms with Crippen LogP contribution in [0.25, 0.3) is 6.08 Å². The van der Waals surface area contributed by atoms with Gasteiger partial charge in [0.05, 0.1) is 49.0 Å². The average Bonchev–Trinajstić information content (AvgIpc) is 1.68. The molecule has 1 spiro atoms. The smallest absolute Gasteiger partial charge is 0.244 e. The molecule has 1 aliphatic carbocycles. The summed E-state index contributed by atoms with van der Waals surface area (Å²) in [6, 6.07) is 15.9. The van der Waals surface area contributed by atoms with Crippen LogP contribution in [0, 0.1) is 23.2 Å². The van der Waals surface area contributed by atoms with Gasteiger partial charge in [0.15, 0.2) is 67.7 Å². The molecule has 0 radical (unpaired) electrons. The maximum absolute atomic E-state index is 12.5. The molecule has 2 saturated heterocycles. The Morgan fingerprint density at radius 2 is 0.922 bits per heavy atom. The third-order valence-electron chi connectivity index (χ3n) is 14.8. The SMILES string of the molecule is C=C(C)OCOC1CCCCCC12C(=O)NC(=S)NC2=O.C=C(C)OCOCCCCCCCCCCCSc1n[nH]c(=S)s1.C=C(C)OCOCCCCCCSc1n[nH]c(=S)s1.C=C(C)OCOCc1ccc(CSc2n[nH]c(=S)s2)cc1.C=Cc1ccc(CC2C(=O)NC(=S)NC2=O)cc1. The molecule has 3 aliphatic rings. The second kappa shape index (κ2) is 53.4. The standard InChI is InChI=1S/C17H30N2O2S3.C14H20N2O4S.C14H16N2O2S3.C13H12N2O2S.C12H20N2O2S3/c1-15(2)21-14-20-12-10-8-6-4-3-5-7-9-11-13-23-17-19-18-16(22)24-17;1-9(2)19-8-20-10-6-4-3-5-7-14(10)11(17)15-13(21)16-12(14)18;1-10(2)18-9-17-7-11-3-5-12(6-4-11)8-20-14-16-15-13(19)21-14;1-2-8-3-5-9(6-4-8)7-10-11(16)14-13(18)15-12(10)17;1-10(2)16-9-15-7-5-3-4-6-8-18-12-14-13-11(17)19-12/h1,3-14H2,2H3,(H,18,22);10H,1,3-8H2,2H3,(H2,15,16,17,18,21);3-6H,1,7-9H2,2H3,(H,15,19);2-6,10H,1,7H2,(H2,14,15,16,17,18);1,3-9H2,2H3,(H,13,17). The number of hydrogen-bond donors (Lipinski definition) is 7. The fourth-order valence-electron chi connectivity index (χ4n) is 9.54. The van der Waals surface area contributed by atoms with Crippen LogP contribution in [-0.2, 0) is 75.9 Å². The maximum Gasteiger partial charge on any atom is 0.244 e.